The highest BCUT2D eigenvalue weighted by Crippen LogP contribution is 2.18. The zero-order chi connectivity index (χ0) is 19.5. The van der Waals surface area contributed by atoms with Gasteiger partial charge >= 0.3 is 5.97 Å². The Labute approximate surface area is 167 Å². The molecule has 7 nitrogen and oxygen atoms in total. The number of non-ortho nitro benzene ring substituents is 1. The number of phenolic OH excluding ortho intramolecular Hbond substituents is 1. The molecule has 0 atom stereocenters. The van der Waals surface area contributed by atoms with Crippen LogP contribution in [0.3, 0.4) is 0 Å². The maximum atomic E-state index is 10.4. The van der Waals surface area contributed by atoms with Gasteiger partial charge in [0.1, 0.15) is 5.75 Å². The number of halogens is 2. The van der Waals surface area contributed by atoms with Crippen molar-refractivity contribution in [3.05, 3.63) is 64.2 Å². The summed E-state index contributed by atoms with van der Waals surface area (Å²) < 4.78 is 0. The minimum absolute atomic E-state index is 0.0794. The minimum Gasteiger partial charge on any atom is -0.508 e. The summed E-state index contributed by atoms with van der Waals surface area (Å²) in [5, 5.41) is 29.7. The minimum atomic E-state index is -1.17. The quantitative estimate of drug-likeness (QED) is 0.341. The van der Waals surface area contributed by atoms with Gasteiger partial charge in [-0.05, 0) is 30.3 Å². The van der Waals surface area contributed by atoms with Crippen molar-refractivity contribution in [1.29, 1.82) is 0 Å². The standard InChI is InChI=1S/C10H13Br2NO.C7H5NO4/c11-5-7-13(8-6-12)9-1-3-10(14)4-2-9;9-7(10)5-2-1-3-6(4-5)8(11)12/h1-4,14H,5-8H2;1-4H,(H,9,10). The second-order valence-electron chi connectivity index (χ2n) is 4.99. The zero-order valence-corrected chi connectivity index (χ0v) is 16.9. The Morgan fingerprint density at radius 1 is 1.08 bits per heavy atom. The summed E-state index contributed by atoms with van der Waals surface area (Å²) in [5.41, 5.74) is 0.848. The lowest BCUT2D eigenvalue weighted by Crippen LogP contribution is -2.27. The molecule has 26 heavy (non-hydrogen) atoms. The van der Waals surface area contributed by atoms with Crippen molar-refractivity contribution in [2.45, 2.75) is 0 Å². The molecule has 2 aromatic carbocycles. The first-order chi connectivity index (χ1) is 12.4. The Bertz CT molecular complexity index is 690. The number of nitro groups is 1. The summed E-state index contributed by atoms with van der Waals surface area (Å²) in [6, 6.07) is 12.2. The normalized spacial score (nSPS) is 9.77. The molecule has 0 aliphatic carbocycles. The molecule has 0 unspecified atom stereocenters. The third-order valence-electron chi connectivity index (χ3n) is 3.23. The van der Waals surface area contributed by atoms with Crippen LogP contribution in [0.4, 0.5) is 11.4 Å². The molecule has 0 aromatic heterocycles. The molecule has 0 amide bonds. The first-order valence-electron chi connectivity index (χ1n) is 7.52. The summed E-state index contributed by atoms with van der Waals surface area (Å²) in [4.78, 5) is 22.2. The van der Waals surface area contributed by atoms with Gasteiger partial charge in [0.05, 0.1) is 10.5 Å². The number of benzene rings is 2. The van der Waals surface area contributed by atoms with Gasteiger partial charge in [0.25, 0.3) is 5.69 Å². The number of carboxylic acids is 1. The lowest BCUT2D eigenvalue weighted by atomic mass is 10.2. The molecule has 0 aliphatic heterocycles. The molecule has 140 valence electrons. The number of carboxylic acid groups (broad SMARTS) is 1. The number of nitro benzene ring substituents is 1. The fourth-order valence-corrected chi connectivity index (χ4v) is 2.85. The molecule has 2 aromatic rings. The predicted octanol–water partition coefficient (Wildman–Crippen LogP) is 4.28. The Hall–Kier alpha value is -2.13. The smallest absolute Gasteiger partial charge is 0.335 e. The number of phenols is 1. The van der Waals surface area contributed by atoms with Crippen LogP contribution in [0, 0.1) is 10.1 Å². The van der Waals surface area contributed by atoms with Crippen LogP contribution >= 0.6 is 31.9 Å². The molecule has 0 saturated carbocycles. The van der Waals surface area contributed by atoms with Gasteiger partial charge in [0, 0.05) is 41.6 Å². The fraction of sp³-hybridized carbons (Fsp3) is 0.235. The van der Waals surface area contributed by atoms with Gasteiger partial charge in [0.15, 0.2) is 0 Å². The van der Waals surface area contributed by atoms with E-state index in [1.54, 1.807) is 12.1 Å². The van der Waals surface area contributed by atoms with Crippen molar-refractivity contribution < 1.29 is 19.9 Å². The third kappa shape index (κ3) is 7.40. The number of carbonyl (C=O) groups is 1. The van der Waals surface area contributed by atoms with Crippen molar-refractivity contribution in [3.63, 3.8) is 0 Å². The molecule has 2 N–H and O–H groups in total. The number of nitrogens with zero attached hydrogens (tertiary/aromatic N) is 2. The van der Waals surface area contributed by atoms with Crippen molar-refractivity contribution in [2.24, 2.45) is 0 Å². The molecular formula is C17H18Br2N2O5. The number of aromatic carboxylic acids is 1. The van der Waals surface area contributed by atoms with E-state index in [-0.39, 0.29) is 11.3 Å². The lowest BCUT2D eigenvalue weighted by molar-refractivity contribution is -0.384. The Morgan fingerprint density at radius 3 is 2.12 bits per heavy atom. The summed E-state index contributed by atoms with van der Waals surface area (Å²) in [6.07, 6.45) is 0. The Morgan fingerprint density at radius 2 is 1.65 bits per heavy atom. The van der Waals surface area contributed by atoms with Gasteiger partial charge in [-0.3, -0.25) is 10.1 Å². The van der Waals surface area contributed by atoms with E-state index in [4.69, 9.17) is 10.2 Å². The number of alkyl halides is 2. The molecule has 0 saturated heterocycles. The van der Waals surface area contributed by atoms with Gasteiger partial charge in [-0.25, -0.2) is 4.79 Å². The molecule has 0 radical (unpaired) electrons. The van der Waals surface area contributed by atoms with Crippen LogP contribution in [-0.2, 0) is 0 Å². The van der Waals surface area contributed by atoms with E-state index in [9.17, 15) is 14.9 Å². The SMILES string of the molecule is O=C(O)c1cccc([N+](=O)[O-])c1.Oc1ccc(N(CCBr)CCBr)cc1. The van der Waals surface area contributed by atoms with Crippen molar-refractivity contribution in [2.75, 3.05) is 28.6 Å². The largest absolute Gasteiger partial charge is 0.508 e. The van der Waals surface area contributed by atoms with E-state index >= 15 is 0 Å². The molecule has 0 aliphatic rings. The molecule has 9 heteroatoms. The first kappa shape index (κ1) is 21.9. The highest BCUT2D eigenvalue weighted by molar-refractivity contribution is 9.09. The van der Waals surface area contributed by atoms with Crippen molar-refractivity contribution >= 4 is 49.2 Å². The summed E-state index contributed by atoms with van der Waals surface area (Å²) >= 11 is 6.85. The Kier molecular flexibility index (Phi) is 9.67. The van der Waals surface area contributed by atoms with Crippen LogP contribution < -0.4 is 4.90 Å². The maximum Gasteiger partial charge on any atom is 0.335 e. The molecule has 2 rings (SSSR count). The van der Waals surface area contributed by atoms with E-state index in [1.807, 2.05) is 12.1 Å². The van der Waals surface area contributed by atoms with Gasteiger partial charge in [-0.2, -0.15) is 0 Å². The van der Waals surface area contributed by atoms with Crippen LogP contribution in [0.2, 0.25) is 0 Å². The molecular weight excluding hydrogens is 472 g/mol. The van der Waals surface area contributed by atoms with Crippen LogP contribution in [0.25, 0.3) is 0 Å². The molecule has 0 spiro atoms. The van der Waals surface area contributed by atoms with Crippen molar-refractivity contribution in [1.82, 2.24) is 0 Å². The number of anilines is 1. The number of aromatic hydroxyl groups is 1. The van der Waals surface area contributed by atoms with Crippen LogP contribution in [0.5, 0.6) is 5.75 Å². The number of rotatable bonds is 7. The van der Waals surface area contributed by atoms with Crippen molar-refractivity contribution in [3.8, 4) is 5.75 Å². The van der Waals surface area contributed by atoms with E-state index in [1.165, 1.54) is 18.2 Å². The fourth-order valence-electron chi connectivity index (χ4n) is 1.99. The second kappa shape index (κ2) is 11.5. The summed E-state index contributed by atoms with van der Waals surface area (Å²) in [7, 11) is 0. The highest BCUT2D eigenvalue weighted by Gasteiger charge is 2.09. The molecule has 0 heterocycles. The van der Waals surface area contributed by atoms with Crippen LogP contribution in [-0.4, -0.2) is 44.9 Å². The monoisotopic (exact) mass is 488 g/mol. The first-order valence-corrected chi connectivity index (χ1v) is 9.77. The van der Waals surface area contributed by atoms with Gasteiger partial charge < -0.3 is 15.1 Å². The number of hydrogen-bond acceptors (Lipinski definition) is 5. The van der Waals surface area contributed by atoms with Gasteiger partial charge in [0.2, 0.25) is 0 Å². The zero-order valence-electron chi connectivity index (χ0n) is 13.7. The lowest BCUT2D eigenvalue weighted by Gasteiger charge is -2.22. The molecule has 0 bridgehead atoms. The van der Waals surface area contributed by atoms with E-state index in [0.29, 0.717) is 5.75 Å². The summed E-state index contributed by atoms with van der Waals surface area (Å²) in [5.74, 6) is -0.856. The van der Waals surface area contributed by atoms with E-state index in [0.717, 1.165) is 35.5 Å². The summed E-state index contributed by atoms with van der Waals surface area (Å²) in [6.45, 7) is 1.94. The highest BCUT2D eigenvalue weighted by atomic mass is 79.9. The molecule has 0 fully saturated rings. The predicted molar refractivity (Wildman–Crippen MR) is 108 cm³/mol. The second-order valence-corrected chi connectivity index (χ2v) is 6.58. The third-order valence-corrected chi connectivity index (χ3v) is 3.94. The van der Waals surface area contributed by atoms with Crippen LogP contribution in [0.1, 0.15) is 10.4 Å². The van der Waals surface area contributed by atoms with Gasteiger partial charge in [-0.1, -0.05) is 37.9 Å². The Balaban J connectivity index is 0.000000263. The average molecular weight is 490 g/mol. The maximum absolute atomic E-state index is 10.4. The topological polar surface area (TPSA) is 104 Å². The van der Waals surface area contributed by atoms with E-state index in [2.05, 4.69) is 36.8 Å². The number of hydrogen-bond donors (Lipinski definition) is 2. The van der Waals surface area contributed by atoms with Gasteiger partial charge in [-0.15, -0.1) is 0 Å². The average Bonchev–Trinajstić information content (AvgIpc) is 2.63. The van der Waals surface area contributed by atoms with Crippen LogP contribution in [0.15, 0.2) is 48.5 Å². The van der Waals surface area contributed by atoms with E-state index < -0.39 is 10.9 Å².